The lowest BCUT2D eigenvalue weighted by Crippen LogP contribution is -2.26. The van der Waals surface area contributed by atoms with Crippen molar-refractivity contribution >= 4 is 10.0 Å². The summed E-state index contributed by atoms with van der Waals surface area (Å²) in [5.41, 5.74) is 0.826. The molecule has 4 nitrogen and oxygen atoms in total. The summed E-state index contributed by atoms with van der Waals surface area (Å²) in [6, 6.07) is 8.48. The molecule has 0 heterocycles. The molecule has 0 aromatic heterocycles. The molecule has 2 rings (SSSR count). The first-order valence-electron chi connectivity index (χ1n) is 5.98. The van der Waals surface area contributed by atoms with Gasteiger partial charge in [-0.2, -0.15) is 5.26 Å². The molecule has 1 aliphatic rings. The fourth-order valence-electron chi connectivity index (χ4n) is 1.86. The van der Waals surface area contributed by atoms with Gasteiger partial charge in [0.05, 0.1) is 17.4 Å². The van der Waals surface area contributed by atoms with Crippen LogP contribution in [0.3, 0.4) is 0 Å². The number of rotatable bonds is 5. The van der Waals surface area contributed by atoms with Gasteiger partial charge in [-0.05, 0) is 36.0 Å². The number of nitrogens with zero attached hydrogens (tertiary/aromatic N) is 1. The molecule has 2 atom stereocenters. The Kier molecular flexibility index (Phi) is 3.69. The molecule has 1 N–H and O–H groups in total. The third-order valence-corrected chi connectivity index (χ3v) is 4.77. The SMILES string of the molecule is CC1CC1CNS(=O)(=O)c1ccc(CC#N)cc1. The summed E-state index contributed by atoms with van der Waals surface area (Å²) in [5, 5.41) is 8.55. The largest absolute Gasteiger partial charge is 0.240 e. The maximum Gasteiger partial charge on any atom is 0.240 e. The Bertz CT molecular complexity index is 558. The van der Waals surface area contributed by atoms with Crippen LogP contribution in [0.1, 0.15) is 18.9 Å². The average Bonchev–Trinajstić information content (AvgIpc) is 3.04. The minimum Gasteiger partial charge on any atom is -0.211 e. The van der Waals surface area contributed by atoms with E-state index in [0.29, 0.717) is 24.8 Å². The zero-order chi connectivity index (χ0) is 13.2. The van der Waals surface area contributed by atoms with E-state index in [4.69, 9.17) is 5.26 Å². The molecule has 1 aromatic carbocycles. The molecule has 5 heteroatoms. The minimum atomic E-state index is -3.40. The van der Waals surface area contributed by atoms with Crippen molar-refractivity contribution in [1.29, 1.82) is 5.26 Å². The van der Waals surface area contributed by atoms with Crippen LogP contribution < -0.4 is 4.72 Å². The smallest absolute Gasteiger partial charge is 0.211 e. The molecule has 0 saturated heterocycles. The standard InChI is InChI=1S/C13H16N2O2S/c1-10-8-12(10)9-15-18(16,17)13-4-2-11(3-5-13)6-7-14/h2-5,10,12,15H,6,8-9H2,1H3. The monoisotopic (exact) mass is 264 g/mol. The Morgan fingerprint density at radius 1 is 1.39 bits per heavy atom. The molecule has 1 aromatic rings. The Labute approximate surface area is 108 Å². The van der Waals surface area contributed by atoms with E-state index in [-0.39, 0.29) is 4.90 Å². The second-order valence-corrected chi connectivity index (χ2v) is 6.57. The highest BCUT2D eigenvalue weighted by Crippen LogP contribution is 2.37. The van der Waals surface area contributed by atoms with E-state index in [2.05, 4.69) is 11.6 Å². The molecule has 1 fully saturated rings. The van der Waals surface area contributed by atoms with Crippen molar-refractivity contribution in [2.75, 3.05) is 6.54 Å². The van der Waals surface area contributed by atoms with E-state index in [9.17, 15) is 8.42 Å². The van der Waals surface area contributed by atoms with E-state index < -0.39 is 10.0 Å². The van der Waals surface area contributed by atoms with Crippen LogP contribution in [0.5, 0.6) is 0 Å². The molecule has 96 valence electrons. The quantitative estimate of drug-likeness (QED) is 0.879. The normalized spacial score (nSPS) is 22.4. The minimum absolute atomic E-state index is 0.262. The van der Waals surface area contributed by atoms with Crippen molar-refractivity contribution in [3.05, 3.63) is 29.8 Å². The second-order valence-electron chi connectivity index (χ2n) is 4.80. The van der Waals surface area contributed by atoms with Crippen molar-refractivity contribution in [3.8, 4) is 6.07 Å². The first-order chi connectivity index (χ1) is 8.53. The number of sulfonamides is 1. The predicted octanol–water partition coefficient (Wildman–Crippen LogP) is 1.69. The molecule has 1 aliphatic carbocycles. The lowest BCUT2D eigenvalue weighted by molar-refractivity contribution is 0.574. The van der Waals surface area contributed by atoms with Crippen molar-refractivity contribution in [2.24, 2.45) is 11.8 Å². The van der Waals surface area contributed by atoms with E-state index in [1.165, 1.54) is 0 Å². The highest BCUT2D eigenvalue weighted by Gasteiger charge is 2.33. The summed E-state index contributed by atoms with van der Waals surface area (Å²) in [6.45, 7) is 2.64. The van der Waals surface area contributed by atoms with Crippen LogP contribution in [-0.2, 0) is 16.4 Å². The van der Waals surface area contributed by atoms with Crippen LogP contribution in [-0.4, -0.2) is 15.0 Å². The molecule has 0 bridgehead atoms. The van der Waals surface area contributed by atoms with Crippen LogP contribution in [0.15, 0.2) is 29.2 Å². The summed E-state index contributed by atoms with van der Waals surface area (Å²) in [5.74, 6) is 1.11. The maximum atomic E-state index is 12.0. The predicted molar refractivity (Wildman–Crippen MR) is 68.2 cm³/mol. The zero-order valence-electron chi connectivity index (χ0n) is 10.3. The topological polar surface area (TPSA) is 70.0 Å². The van der Waals surface area contributed by atoms with Gasteiger partial charge in [-0.1, -0.05) is 19.1 Å². The van der Waals surface area contributed by atoms with E-state index in [1.807, 2.05) is 6.07 Å². The fourth-order valence-corrected chi connectivity index (χ4v) is 2.96. The molecule has 0 aliphatic heterocycles. The molecule has 18 heavy (non-hydrogen) atoms. The lowest BCUT2D eigenvalue weighted by atomic mass is 10.2. The molecule has 1 saturated carbocycles. The Morgan fingerprint density at radius 2 is 2.00 bits per heavy atom. The highest BCUT2D eigenvalue weighted by atomic mass is 32.2. The number of hydrogen-bond acceptors (Lipinski definition) is 3. The first-order valence-corrected chi connectivity index (χ1v) is 7.47. The summed E-state index contributed by atoms with van der Waals surface area (Å²) >= 11 is 0. The molecular formula is C13H16N2O2S. The van der Waals surface area contributed by atoms with Gasteiger partial charge in [-0.25, -0.2) is 13.1 Å². The van der Waals surface area contributed by atoms with Gasteiger partial charge in [0.25, 0.3) is 0 Å². The van der Waals surface area contributed by atoms with Gasteiger partial charge < -0.3 is 0 Å². The molecule has 0 radical (unpaired) electrons. The van der Waals surface area contributed by atoms with Crippen LogP contribution in [0.25, 0.3) is 0 Å². The van der Waals surface area contributed by atoms with Crippen LogP contribution >= 0.6 is 0 Å². The van der Waals surface area contributed by atoms with Gasteiger partial charge in [0.2, 0.25) is 10.0 Å². The number of nitriles is 1. The Hall–Kier alpha value is -1.38. The Morgan fingerprint density at radius 3 is 2.50 bits per heavy atom. The average molecular weight is 264 g/mol. The third-order valence-electron chi connectivity index (χ3n) is 3.33. The molecule has 2 unspecified atom stereocenters. The van der Waals surface area contributed by atoms with E-state index >= 15 is 0 Å². The Balaban J connectivity index is 2.02. The zero-order valence-corrected chi connectivity index (χ0v) is 11.1. The fraction of sp³-hybridized carbons (Fsp3) is 0.462. The van der Waals surface area contributed by atoms with Crippen molar-refractivity contribution in [2.45, 2.75) is 24.7 Å². The van der Waals surface area contributed by atoms with Crippen molar-refractivity contribution in [3.63, 3.8) is 0 Å². The number of nitrogens with one attached hydrogen (secondary N) is 1. The third kappa shape index (κ3) is 3.09. The van der Waals surface area contributed by atoms with Gasteiger partial charge in [-0.3, -0.25) is 0 Å². The van der Waals surface area contributed by atoms with Gasteiger partial charge in [-0.15, -0.1) is 0 Å². The second kappa shape index (κ2) is 5.09. The van der Waals surface area contributed by atoms with Gasteiger partial charge in [0.1, 0.15) is 0 Å². The van der Waals surface area contributed by atoms with Crippen molar-refractivity contribution in [1.82, 2.24) is 4.72 Å². The van der Waals surface area contributed by atoms with Crippen LogP contribution in [0.4, 0.5) is 0 Å². The van der Waals surface area contributed by atoms with Crippen LogP contribution in [0, 0.1) is 23.2 Å². The summed E-state index contributed by atoms with van der Waals surface area (Å²) in [7, 11) is -3.40. The summed E-state index contributed by atoms with van der Waals surface area (Å²) in [6.07, 6.45) is 1.40. The van der Waals surface area contributed by atoms with Gasteiger partial charge in [0.15, 0.2) is 0 Å². The van der Waals surface area contributed by atoms with Gasteiger partial charge in [0, 0.05) is 6.54 Å². The highest BCUT2D eigenvalue weighted by molar-refractivity contribution is 7.89. The molecule has 0 spiro atoms. The first kappa shape index (κ1) is 13.1. The maximum absolute atomic E-state index is 12.0. The molecular weight excluding hydrogens is 248 g/mol. The van der Waals surface area contributed by atoms with Crippen LogP contribution in [0.2, 0.25) is 0 Å². The van der Waals surface area contributed by atoms with E-state index in [0.717, 1.165) is 12.0 Å². The van der Waals surface area contributed by atoms with E-state index in [1.54, 1.807) is 24.3 Å². The number of benzene rings is 1. The summed E-state index contributed by atoms with van der Waals surface area (Å²) < 4.78 is 26.6. The molecule has 0 amide bonds. The number of hydrogen-bond donors (Lipinski definition) is 1. The summed E-state index contributed by atoms with van der Waals surface area (Å²) in [4.78, 5) is 0.262. The van der Waals surface area contributed by atoms with Gasteiger partial charge >= 0.3 is 0 Å². The lowest BCUT2D eigenvalue weighted by Gasteiger charge is -2.06. The van der Waals surface area contributed by atoms with Crippen molar-refractivity contribution < 1.29 is 8.42 Å².